The molecule has 2 amide bonds. The van der Waals surface area contributed by atoms with Gasteiger partial charge in [0.05, 0.1) is 5.56 Å². The first kappa shape index (κ1) is 15.0. The Hall–Kier alpha value is -2.38. The number of rotatable bonds is 6. The van der Waals surface area contributed by atoms with E-state index in [9.17, 15) is 9.59 Å². The highest BCUT2D eigenvalue weighted by molar-refractivity contribution is 7.14. The van der Waals surface area contributed by atoms with Crippen molar-refractivity contribution in [3.05, 3.63) is 46.8 Å². The molecule has 0 aliphatic rings. The summed E-state index contributed by atoms with van der Waals surface area (Å²) in [7, 11) is 0. The van der Waals surface area contributed by atoms with Crippen molar-refractivity contribution in [2.24, 2.45) is 11.5 Å². The van der Waals surface area contributed by atoms with Crippen molar-refractivity contribution in [1.82, 2.24) is 0 Å². The van der Waals surface area contributed by atoms with E-state index in [1.54, 1.807) is 23.6 Å². The van der Waals surface area contributed by atoms with Crippen molar-refractivity contribution in [3.8, 4) is 5.75 Å². The lowest BCUT2D eigenvalue weighted by atomic mass is 10.2. The largest absolute Gasteiger partial charge is 0.484 e. The molecule has 0 unspecified atom stereocenters. The highest BCUT2D eigenvalue weighted by Crippen LogP contribution is 2.22. The van der Waals surface area contributed by atoms with Gasteiger partial charge < -0.3 is 21.5 Å². The van der Waals surface area contributed by atoms with Crippen molar-refractivity contribution < 1.29 is 14.3 Å². The van der Waals surface area contributed by atoms with Crippen LogP contribution in [0.2, 0.25) is 0 Å². The van der Waals surface area contributed by atoms with Gasteiger partial charge in [0.1, 0.15) is 10.8 Å². The van der Waals surface area contributed by atoms with E-state index in [1.165, 1.54) is 11.3 Å². The van der Waals surface area contributed by atoms with Crippen molar-refractivity contribution in [1.29, 1.82) is 0 Å². The Morgan fingerprint density at radius 2 is 1.90 bits per heavy atom. The second-order valence-electron chi connectivity index (χ2n) is 4.21. The second kappa shape index (κ2) is 6.87. The topological polar surface area (TPSA) is 107 Å². The third-order valence-corrected chi connectivity index (χ3v) is 3.54. The third-order valence-electron chi connectivity index (χ3n) is 2.71. The van der Waals surface area contributed by atoms with Gasteiger partial charge in [0.2, 0.25) is 0 Å². The molecule has 0 atom stereocenters. The Morgan fingerprint density at radius 3 is 2.52 bits per heavy atom. The van der Waals surface area contributed by atoms with Crippen molar-refractivity contribution in [2.75, 3.05) is 11.9 Å². The number of hydrogen-bond acceptors (Lipinski definition) is 5. The molecule has 110 valence electrons. The van der Waals surface area contributed by atoms with Crippen LogP contribution in [0.3, 0.4) is 0 Å². The number of thiophene rings is 1. The number of carbonyl (C=O) groups excluding carboxylic acids is 2. The average molecular weight is 305 g/mol. The van der Waals surface area contributed by atoms with E-state index in [2.05, 4.69) is 5.32 Å². The number of nitrogens with two attached hydrogens (primary N) is 2. The standard InChI is InChI=1S/C14H15N3O3S/c15-7-9-1-3-10(4-2-9)20-8-12(18)17-14-11(13(16)19)5-6-21-14/h1-6H,7-8,15H2,(H2,16,19)(H,17,18). The highest BCUT2D eigenvalue weighted by Gasteiger charge is 2.12. The van der Waals surface area contributed by atoms with Crippen molar-refractivity contribution in [3.63, 3.8) is 0 Å². The molecule has 7 heteroatoms. The van der Waals surface area contributed by atoms with Gasteiger partial charge in [-0.15, -0.1) is 11.3 Å². The molecule has 2 rings (SSSR count). The summed E-state index contributed by atoms with van der Waals surface area (Å²) in [4.78, 5) is 22.9. The van der Waals surface area contributed by atoms with E-state index < -0.39 is 5.91 Å². The first-order valence-corrected chi connectivity index (χ1v) is 7.07. The van der Waals surface area contributed by atoms with Gasteiger partial charge in [-0.05, 0) is 29.1 Å². The molecule has 5 N–H and O–H groups in total. The monoisotopic (exact) mass is 305 g/mol. The first-order chi connectivity index (χ1) is 10.1. The van der Waals surface area contributed by atoms with Crippen LogP contribution in [0.5, 0.6) is 5.75 Å². The fourth-order valence-electron chi connectivity index (χ4n) is 1.63. The molecule has 0 aliphatic carbocycles. The highest BCUT2D eigenvalue weighted by atomic mass is 32.1. The minimum absolute atomic E-state index is 0.155. The lowest BCUT2D eigenvalue weighted by molar-refractivity contribution is -0.118. The molecule has 0 spiro atoms. The first-order valence-electron chi connectivity index (χ1n) is 6.19. The lowest BCUT2D eigenvalue weighted by Gasteiger charge is -2.07. The van der Waals surface area contributed by atoms with Gasteiger partial charge >= 0.3 is 0 Å². The van der Waals surface area contributed by atoms with Crippen LogP contribution in [0.15, 0.2) is 35.7 Å². The van der Waals surface area contributed by atoms with Crippen LogP contribution in [-0.2, 0) is 11.3 Å². The van der Waals surface area contributed by atoms with E-state index >= 15 is 0 Å². The summed E-state index contributed by atoms with van der Waals surface area (Å²) >= 11 is 1.23. The minimum atomic E-state index is -0.579. The maximum Gasteiger partial charge on any atom is 0.262 e. The second-order valence-corrected chi connectivity index (χ2v) is 5.13. The van der Waals surface area contributed by atoms with Crippen LogP contribution in [-0.4, -0.2) is 18.4 Å². The van der Waals surface area contributed by atoms with Gasteiger partial charge in [0, 0.05) is 6.54 Å². The van der Waals surface area contributed by atoms with Gasteiger partial charge in [-0.2, -0.15) is 0 Å². The summed E-state index contributed by atoms with van der Waals surface area (Å²) in [5.41, 5.74) is 12.0. The molecule has 1 heterocycles. The van der Waals surface area contributed by atoms with Crippen LogP contribution in [0, 0.1) is 0 Å². The number of amides is 2. The van der Waals surface area contributed by atoms with Gasteiger partial charge in [-0.1, -0.05) is 12.1 Å². The number of nitrogens with one attached hydrogen (secondary N) is 1. The van der Waals surface area contributed by atoms with Crippen LogP contribution >= 0.6 is 11.3 Å². The maximum absolute atomic E-state index is 11.8. The van der Waals surface area contributed by atoms with Gasteiger partial charge in [0.25, 0.3) is 11.8 Å². The molecule has 0 bridgehead atoms. The molecule has 1 aromatic carbocycles. The molecule has 0 saturated carbocycles. The van der Waals surface area contributed by atoms with Crippen molar-refractivity contribution in [2.45, 2.75) is 6.54 Å². The van der Waals surface area contributed by atoms with E-state index in [0.717, 1.165) is 5.56 Å². The fourth-order valence-corrected chi connectivity index (χ4v) is 2.44. The SMILES string of the molecule is NCc1ccc(OCC(=O)Nc2sccc2C(N)=O)cc1. The van der Waals surface area contributed by atoms with E-state index in [1.807, 2.05) is 12.1 Å². The van der Waals surface area contributed by atoms with Crippen molar-refractivity contribution >= 4 is 28.2 Å². The van der Waals surface area contributed by atoms with Crippen LogP contribution in [0.4, 0.5) is 5.00 Å². The zero-order chi connectivity index (χ0) is 15.2. The molecule has 21 heavy (non-hydrogen) atoms. The van der Waals surface area contributed by atoms with E-state index in [0.29, 0.717) is 22.9 Å². The lowest BCUT2D eigenvalue weighted by Crippen LogP contribution is -2.21. The molecule has 0 radical (unpaired) electrons. The van der Waals surface area contributed by atoms with Crippen LogP contribution in [0.25, 0.3) is 0 Å². The van der Waals surface area contributed by atoms with E-state index in [-0.39, 0.29) is 12.5 Å². The molecular formula is C14H15N3O3S. The molecule has 6 nitrogen and oxygen atoms in total. The zero-order valence-corrected chi connectivity index (χ0v) is 12.0. The summed E-state index contributed by atoms with van der Waals surface area (Å²) < 4.78 is 5.35. The molecule has 1 aromatic heterocycles. The number of primary amides is 1. The predicted molar refractivity (Wildman–Crippen MR) is 81.3 cm³/mol. The number of ether oxygens (including phenoxy) is 1. The molecule has 0 fully saturated rings. The Morgan fingerprint density at radius 1 is 1.19 bits per heavy atom. The van der Waals surface area contributed by atoms with Crippen LogP contribution < -0.4 is 21.5 Å². The smallest absolute Gasteiger partial charge is 0.262 e. The number of benzene rings is 1. The zero-order valence-electron chi connectivity index (χ0n) is 11.2. The van der Waals surface area contributed by atoms with E-state index in [4.69, 9.17) is 16.2 Å². The summed E-state index contributed by atoms with van der Waals surface area (Å²) in [6.45, 7) is 0.299. The molecular weight excluding hydrogens is 290 g/mol. The quantitative estimate of drug-likeness (QED) is 0.748. The number of hydrogen-bond donors (Lipinski definition) is 3. The molecule has 2 aromatic rings. The predicted octanol–water partition coefficient (Wildman–Crippen LogP) is 1.32. The molecule has 0 aliphatic heterocycles. The summed E-state index contributed by atoms with van der Waals surface area (Å²) in [5, 5.41) is 4.71. The Balaban J connectivity index is 1.89. The molecule has 0 saturated heterocycles. The minimum Gasteiger partial charge on any atom is -0.484 e. The Labute approximate surface area is 125 Å². The summed E-state index contributed by atoms with van der Waals surface area (Å²) in [6, 6.07) is 8.72. The Bertz CT molecular complexity index is 637. The summed E-state index contributed by atoms with van der Waals surface area (Å²) in [5.74, 6) is -0.364. The normalized spacial score (nSPS) is 10.1. The third kappa shape index (κ3) is 4.04. The van der Waals surface area contributed by atoms with Crippen LogP contribution in [0.1, 0.15) is 15.9 Å². The number of anilines is 1. The van der Waals surface area contributed by atoms with Gasteiger partial charge in [-0.3, -0.25) is 9.59 Å². The number of carbonyl (C=O) groups is 2. The van der Waals surface area contributed by atoms with Gasteiger partial charge in [0.15, 0.2) is 6.61 Å². The van der Waals surface area contributed by atoms with Gasteiger partial charge in [-0.25, -0.2) is 0 Å². The fraction of sp³-hybridized carbons (Fsp3) is 0.143. The summed E-state index contributed by atoms with van der Waals surface area (Å²) in [6.07, 6.45) is 0. The average Bonchev–Trinajstić information content (AvgIpc) is 2.94. The Kier molecular flexibility index (Phi) is 4.91. The maximum atomic E-state index is 11.8.